The first kappa shape index (κ1) is 10.9. The largest absolute Gasteiger partial charge is 0.345 e. The molecule has 2 atom stereocenters. The minimum atomic E-state index is 0.218. The summed E-state index contributed by atoms with van der Waals surface area (Å²) < 4.78 is 0. The fourth-order valence-corrected chi connectivity index (χ4v) is 2.58. The van der Waals surface area contributed by atoms with Gasteiger partial charge in [0.1, 0.15) is 0 Å². The molecule has 3 heteroatoms. The van der Waals surface area contributed by atoms with E-state index in [1.54, 1.807) is 0 Å². The highest BCUT2D eigenvalue weighted by Gasteiger charge is 2.32. The third-order valence-corrected chi connectivity index (χ3v) is 3.97. The van der Waals surface area contributed by atoms with E-state index in [0.29, 0.717) is 11.8 Å². The standard InChI is InChI=1S/C12H22N2O/c1-9-6-13-7-11(9)12(15)14(2)8-10-4-3-5-10/h9-11,13H,3-8H2,1-2H3. The number of amides is 1. The molecule has 0 aromatic rings. The minimum absolute atomic E-state index is 0.218. The maximum atomic E-state index is 12.1. The zero-order chi connectivity index (χ0) is 10.8. The Morgan fingerprint density at radius 3 is 2.60 bits per heavy atom. The SMILES string of the molecule is CC1CNCC1C(=O)N(C)CC1CCC1. The van der Waals surface area contributed by atoms with Gasteiger partial charge in [0.25, 0.3) is 0 Å². The van der Waals surface area contributed by atoms with Gasteiger partial charge in [-0.25, -0.2) is 0 Å². The number of rotatable bonds is 3. The van der Waals surface area contributed by atoms with Gasteiger partial charge in [0.2, 0.25) is 5.91 Å². The van der Waals surface area contributed by atoms with Crippen LogP contribution in [-0.4, -0.2) is 37.5 Å². The van der Waals surface area contributed by atoms with E-state index in [0.717, 1.165) is 25.6 Å². The molecule has 0 spiro atoms. The van der Waals surface area contributed by atoms with Crippen molar-refractivity contribution in [3.8, 4) is 0 Å². The molecule has 1 heterocycles. The Balaban J connectivity index is 1.82. The molecule has 1 aliphatic carbocycles. The molecule has 1 saturated heterocycles. The van der Waals surface area contributed by atoms with Gasteiger partial charge >= 0.3 is 0 Å². The molecule has 0 bridgehead atoms. The summed E-state index contributed by atoms with van der Waals surface area (Å²) >= 11 is 0. The lowest BCUT2D eigenvalue weighted by atomic mass is 9.85. The molecule has 2 aliphatic rings. The van der Waals surface area contributed by atoms with E-state index >= 15 is 0 Å². The van der Waals surface area contributed by atoms with Crippen molar-refractivity contribution in [3.05, 3.63) is 0 Å². The normalized spacial score (nSPS) is 31.3. The Morgan fingerprint density at radius 1 is 1.40 bits per heavy atom. The van der Waals surface area contributed by atoms with E-state index in [9.17, 15) is 4.79 Å². The molecule has 0 aromatic heterocycles. The molecule has 0 radical (unpaired) electrons. The van der Waals surface area contributed by atoms with E-state index in [-0.39, 0.29) is 5.92 Å². The van der Waals surface area contributed by atoms with E-state index in [1.165, 1.54) is 19.3 Å². The summed E-state index contributed by atoms with van der Waals surface area (Å²) in [6.45, 7) is 5.00. The van der Waals surface area contributed by atoms with Crippen molar-refractivity contribution < 1.29 is 4.79 Å². The summed E-state index contributed by atoms with van der Waals surface area (Å²) in [7, 11) is 1.96. The second-order valence-electron chi connectivity index (χ2n) is 5.26. The lowest BCUT2D eigenvalue weighted by Gasteiger charge is -2.31. The monoisotopic (exact) mass is 210 g/mol. The van der Waals surface area contributed by atoms with Crippen LogP contribution in [0.5, 0.6) is 0 Å². The number of hydrogen-bond acceptors (Lipinski definition) is 2. The number of hydrogen-bond donors (Lipinski definition) is 1. The van der Waals surface area contributed by atoms with E-state index in [2.05, 4.69) is 12.2 Å². The van der Waals surface area contributed by atoms with Gasteiger partial charge in [0, 0.05) is 20.1 Å². The van der Waals surface area contributed by atoms with Gasteiger partial charge in [0.15, 0.2) is 0 Å². The third kappa shape index (κ3) is 2.33. The molecule has 2 unspecified atom stereocenters. The molecule has 0 aromatic carbocycles. The van der Waals surface area contributed by atoms with Crippen LogP contribution >= 0.6 is 0 Å². The molecule has 15 heavy (non-hydrogen) atoms. The van der Waals surface area contributed by atoms with Crippen molar-refractivity contribution in [1.29, 1.82) is 0 Å². The molecule has 1 aliphatic heterocycles. The maximum absolute atomic E-state index is 12.1. The van der Waals surface area contributed by atoms with Gasteiger partial charge in [-0.2, -0.15) is 0 Å². The highest BCUT2D eigenvalue weighted by molar-refractivity contribution is 5.79. The molecule has 1 saturated carbocycles. The summed E-state index contributed by atoms with van der Waals surface area (Å²) in [6.07, 6.45) is 3.99. The van der Waals surface area contributed by atoms with Gasteiger partial charge in [-0.15, -0.1) is 0 Å². The Labute approximate surface area is 92.2 Å². The van der Waals surface area contributed by atoms with Gasteiger partial charge in [-0.1, -0.05) is 13.3 Å². The second kappa shape index (κ2) is 4.52. The predicted octanol–water partition coefficient (Wildman–Crippen LogP) is 1.10. The number of carbonyl (C=O) groups excluding carboxylic acids is 1. The molecule has 2 fully saturated rings. The smallest absolute Gasteiger partial charge is 0.227 e. The van der Waals surface area contributed by atoms with Gasteiger partial charge in [0.05, 0.1) is 5.92 Å². The summed E-state index contributed by atoms with van der Waals surface area (Å²) in [5.74, 6) is 1.85. The minimum Gasteiger partial charge on any atom is -0.345 e. The van der Waals surface area contributed by atoms with Crippen molar-refractivity contribution in [3.63, 3.8) is 0 Å². The van der Waals surface area contributed by atoms with Crippen LogP contribution in [0.3, 0.4) is 0 Å². The van der Waals surface area contributed by atoms with Gasteiger partial charge in [-0.05, 0) is 31.2 Å². The van der Waals surface area contributed by atoms with Crippen molar-refractivity contribution in [2.75, 3.05) is 26.7 Å². The molecule has 3 nitrogen and oxygen atoms in total. The molecule has 1 N–H and O–H groups in total. The van der Waals surface area contributed by atoms with Crippen LogP contribution in [0, 0.1) is 17.8 Å². The Bertz CT molecular complexity index is 238. The average Bonchev–Trinajstić information content (AvgIpc) is 2.56. The van der Waals surface area contributed by atoms with Crippen molar-refractivity contribution >= 4 is 5.91 Å². The van der Waals surface area contributed by atoms with Gasteiger partial charge in [-0.3, -0.25) is 4.79 Å². The van der Waals surface area contributed by atoms with Crippen LogP contribution in [-0.2, 0) is 4.79 Å². The van der Waals surface area contributed by atoms with Crippen LogP contribution in [0.25, 0.3) is 0 Å². The van der Waals surface area contributed by atoms with E-state index in [4.69, 9.17) is 0 Å². The van der Waals surface area contributed by atoms with Crippen LogP contribution in [0.4, 0.5) is 0 Å². The Morgan fingerprint density at radius 2 is 2.13 bits per heavy atom. The Kier molecular flexibility index (Phi) is 3.29. The molecule has 86 valence electrons. The quantitative estimate of drug-likeness (QED) is 0.756. The Hall–Kier alpha value is -0.570. The van der Waals surface area contributed by atoms with Crippen LogP contribution in [0.1, 0.15) is 26.2 Å². The van der Waals surface area contributed by atoms with Crippen molar-refractivity contribution in [2.45, 2.75) is 26.2 Å². The zero-order valence-corrected chi connectivity index (χ0v) is 9.83. The average molecular weight is 210 g/mol. The summed E-state index contributed by atoms with van der Waals surface area (Å²) in [6, 6.07) is 0. The molecule has 2 rings (SSSR count). The van der Waals surface area contributed by atoms with Crippen molar-refractivity contribution in [1.82, 2.24) is 10.2 Å². The van der Waals surface area contributed by atoms with Gasteiger partial charge < -0.3 is 10.2 Å². The first-order chi connectivity index (χ1) is 7.18. The van der Waals surface area contributed by atoms with Crippen molar-refractivity contribution in [2.24, 2.45) is 17.8 Å². The fourth-order valence-electron chi connectivity index (χ4n) is 2.58. The van der Waals surface area contributed by atoms with E-state index < -0.39 is 0 Å². The second-order valence-corrected chi connectivity index (χ2v) is 5.26. The number of nitrogens with zero attached hydrogens (tertiary/aromatic N) is 1. The highest BCUT2D eigenvalue weighted by Crippen LogP contribution is 2.27. The highest BCUT2D eigenvalue weighted by atomic mass is 16.2. The first-order valence-corrected chi connectivity index (χ1v) is 6.14. The van der Waals surface area contributed by atoms with E-state index in [1.807, 2.05) is 11.9 Å². The number of nitrogens with one attached hydrogen (secondary N) is 1. The number of carbonyl (C=O) groups is 1. The summed E-state index contributed by atoms with van der Waals surface area (Å²) in [5.41, 5.74) is 0. The lowest BCUT2D eigenvalue weighted by molar-refractivity contribution is -0.135. The lowest BCUT2D eigenvalue weighted by Crippen LogP contribution is -2.40. The van der Waals surface area contributed by atoms with Crippen LogP contribution < -0.4 is 5.32 Å². The topological polar surface area (TPSA) is 32.3 Å². The summed E-state index contributed by atoms with van der Waals surface area (Å²) in [5, 5.41) is 3.29. The summed E-state index contributed by atoms with van der Waals surface area (Å²) in [4.78, 5) is 14.1. The third-order valence-electron chi connectivity index (χ3n) is 3.97. The fraction of sp³-hybridized carbons (Fsp3) is 0.917. The molecule has 1 amide bonds. The zero-order valence-electron chi connectivity index (χ0n) is 9.83. The van der Waals surface area contributed by atoms with Crippen LogP contribution in [0.2, 0.25) is 0 Å². The molecular formula is C12H22N2O. The molecular weight excluding hydrogens is 188 g/mol. The predicted molar refractivity (Wildman–Crippen MR) is 60.5 cm³/mol. The maximum Gasteiger partial charge on any atom is 0.227 e. The van der Waals surface area contributed by atoms with Crippen LogP contribution in [0.15, 0.2) is 0 Å². The first-order valence-electron chi connectivity index (χ1n) is 6.14.